The van der Waals surface area contributed by atoms with Crippen LogP contribution in [0.5, 0.6) is 0 Å². The fourth-order valence-corrected chi connectivity index (χ4v) is 3.49. The van der Waals surface area contributed by atoms with Crippen LogP contribution in [0.4, 0.5) is 0 Å². The Kier molecular flexibility index (Phi) is 3.08. The minimum atomic E-state index is 0.193. The van der Waals surface area contributed by atoms with Crippen LogP contribution >= 0.6 is 0 Å². The summed E-state index contributed by atoms with van der Waals surface area (Å²) in [6, 6.07) is 2.29. The van der Waals surface area contributed by atoms with Crippen LogP contribution < -0.4 is 5.56 Å². The minimum Gasteiger partial charge on any atom is -0.299 e. The van der Waals surface area contributed by atoms with E-state index >= 15 is 0 Å². The van der Waals surface area contributed by atoms with E-state index in [1.165, 1.54) is 63.5 Å². The first kappa shape index (κ1) is 11.1. The average Bonchev–Trinajstić information content (AvgIpc) is 2.99. The molecule has 0 atom stereocenters. The zero-order valence-electron chi connectivity index (χ0n) is 10.5. The average molecular weight is 234 g/mol. The van der Waals surface area contributed by atoms with E-state index < -0.39 is 0 Å². The Morgan fingerprint density at radius 3 is 2.35 bits per heavy atom. The minimum absolute atomic E-state index is 0.193. The lowest BCUT2D eigenvalue weighted by molar-refractivity contribution is 0.321. The highest BCUT2D eigenvalue weighted by atomic mass is 16.1. The summed E-state index contributed by atoms with van der Waals surface area (Å²) in [7, 11) is 0. The van der Waals surface area contributed by atoms with Crippen LogP contribution in [0.25, 0.3) is 0 Å². The summed E-state index contributed by atoms with van der Waals surface area (Å²) >= 11 is 0. The van der Waals surface area contributed by atoms with Gasteiger partial charge in [0.25, 0.3) is 5.56 Å². The van der Waals surface area contributed by atoms with Gasteiger partial charge >= 0.3 is 0 Å². The van der Waals surface area contributed by atoms with Gasteiger partial charge in [0, 0.05) is 17.7 Å². The first-order valence-electron chi connectivity index (χ1n) is 7.16. The SMILES string of the molecule is O=c1cc(C2CCCC2)[nH]n1C1CCCCC1. The molecule has 2 aliphatic carbocycles. The Labute approximate surface area is 102 Å². The maximum Gasteiger partial charge on any atom is 0.266 e. The van der Waals surface area contributed by atoms with Crippen LogP contribution in [0.3, 0.4) is 0 Å². The van der Waals surface area contributed by atoms with E-state index in [-0.39, 0.29) is 5.56 Å². The zero-order chi connectivity index (χ0) is 11.7. The smallest absolute Gasteiger partial charge is 0.266 e. The lowest BCUT2D eigenvalue weighted by atomic mass is 9.96. The molecule has 2 aliphatic rings. The van der Waals surface area contributed by atoms with Crippen molar-refractivity contribution in [3.05, 3.63) is 22.1 Å². The molecule has 0 aromatic carbocycles. The Morgan fingerprint density at radius 2 is 1.65 bits per heavy atom. The molecule has 1 heterocycles. The second-order valence-corrected chi connectivity index (χ2v) is 5.69. The van der Waals surface area contributed by atoms with Gasteiger partial charge in [-0.1, -0.05) is 32.1 Å². The lowest BCUT2D eigenvalue weighted by Crippen LogP contribution is -2.23. The van der Waals surface area contributed by atoms with Crippen LogP contribution in [-0.4, -0.2) is 9.78 Å². The normalized spacial score (nSPS) is 23.3. The van der Waals surface area contributed by atoms with Gasteiger partial charge in [0.05, 0.1) is 6.04 Å². The molecule has 0 aliphatic heterocycles. The van der Waals surface area contributed by atoms with Crippen LogP contribution in [0.15, 0.2) is 10.9 Å². The number of nitrogens with one attached hydrogen (secondary N) is 1. The summed E-state index contributed by atoms with van der Waals surface area (Å²) < 4.78 is 1.91. The number of rotatable bonds is 2. The summed E-state index contributed by atoms with van der Waals surface area (Å²) in [4.78, 5) is 12.0. The standard InChI is InChI=1S/C14H22N2O/c17-14-10-13(11-6-4-5-7-11)15-16(14)12-8-2-1-3-9-12/h10-12,15H,1-9H2. The molecule has 0 radical (unpaired) electrons. The maximum atomic E-state index is 12.0. The van der Waals surface area contributed by atoms with Crippen molar-refractivity contribution in [1.82, 2.24) is 9.78 Å². The van der Waals surface area contributed by atoms with Crippen molar-refractivity contribution in [2.75, 3.05) is 0 Å². The summed E-state index contributed by atoms with van der Waals surface area (Å²) in [5.74, 6) is 0.618. The van der Waals surface area contributed by atoms with Gasteiger partial charge in [0.2, 0.25) is 0 Å². The van der Waals surface area contributed by atoms with E-state index in [1.54, 1.807) is 0 Å². The predicted octanol–water partition coefficient (Wildman–Crippen LogP) is 3.34. The van der Waals surface area contributed by atoms with Gasteiger partial charge in [-0.2, -0.15) is 0 Å². The number of hydrogen-bond donors (Lipinski definition) is 1. The van der Waals surface area contributed by atoms with Crippen molar-refractivity contribution in [2.24, 2.45) is 0 Å². The van der Waals surface area contributed by atoms with Gasteiger partial charge < -0.3 is 0 Å². The molecular formula is C14H22N2O. The fourth-order valence-electron chi connectivity index (χ4n) is 3.49. The molecule has 0 saturated heterocycles. The second kappa shape index (κ2) is 4.71. The third-order valence-corrected chi connectivity index (χ3v) is 4.50. The zero-order valence-corrected chi connectivity index (χ0v) is 10.5. The molecule has 0 amide bonds. The largest absolute Gasteiger partial charge is 0.299 e. The van der Waals surface area contributed by atoms with E-state index in [0.717, 1.165) is 0 Å². The second-order valence-electron chi connectivity index (χ2n) is 5.69. The summed E-state index contributed by atoms with van der Waals surface area (Å²) in [5, 5.41) is 3.40. The van der Waals surface area contributed by atoms with E-state index in [0.29, 0.717) is 12.0 Å². The Hall–Kier alpha value is -0.990. The van der Waals surface area contributed by atoms with E-state index in [4.69, 9.17) is 0 Å². The van der Waals surface area contributed by atoms with Crippen LogP contribution in [0.1, 0.15) is 75.4 Å². The number of H-pyrrole nitrogens is 1. The van der Waals surface area contributed by atoms with E-state index in [2.05, 4.69) is 5.10 Å². The molecule has 0 unspecified atom stereocenters. The summed E-state index contributed by atoms with van der Waals surface area (Å²) in [6.45, 7) is 0. The van der Waals surface area contributed by atoms with Crippen molar-refractivity contribution in [3.63, 3.8) is 0 Å². The lowest BCUT2D eigenvalue weighted by Gasteiger charge is -2.22. The topological polar surface area (TPSA) is 37.8 Å². The van der Waals surface area contributed by atoms with Crippen molar-refractivity contribution in [2.45, 2.75) is 69.7 Å². The molecule has 0 spiro atoms. The Morgan fingerprint density at radius 1 is 1.00 bits per heavy atom. The van der Waals surface area contributed by atoms with Crippen molar-refractivity contribution < 1.29 is 0 Å². The Bertz CT molecular complexity index is 420. The molecule has 2 fully saturated rings. The van der Waals surface area contributed by atoms with Crippen molar-refractivity contribution >= 4 is 0 Å². The first-order chi connectivity index (χ1) is 8.34. The highest BCUT2D eigenvalue weighted by molar-refractivity contribution is 5.08. The molecule has 1 aromatic rings. The molecule has 17 heavy (non-hydrogen) atoms. The Balaban J connectivity index is 1.82. The predicted molar refractivity (Wildman–Crippen MR) is 68.4 cm³/mol. The molecule has 3 rings (SSSR count). The third-order valence-electron chi connectivity index (χ3n) is 4.50. The molecule has 1 N–H and O–H groups in total. The number of aromatic amines is 1. The molecular weight excluding hydrogens is 212 g/mol. The first-order valence-corrected chi connectivity index (χ1v) is 7.16. The maximum absolute atomic E-state index is 12.0. The number of hydrogen-bond acceptors (Lipinski definition) is 1. The van der Waals surface area contributed by atoms with Gasteiger partial charge in [0.15, 0.2) is 0 Å². The molecule has 94 valence electrons. The monoisotopic (exact) mass is 234 g/mol. The van der Waals surface area contributed by atoms with Gasteiger partial charge in [-0.3, -0.25) is 9.89 Å². The molecule has 3 heteroatoms. The quantitative estimate of drug-likeness (QED) is 0.837. The number of nitrogens with zero attached hydrogens (tertiary/aromatic N) is 1. The molecule has 0 bridgehead atoms. The third kappa shape index (κ3) is 2.20. The van der Waals surface area contributed by atoms with Crippen molar-refractivity contribution in [1.29, 1.82) is 0 Å². The molecule has 1 aromatic heterocycles. The van der Waals surface area contributed by atoms with Crippen LogP contribution in [0, 0.1) is 0 Å². The fraction of sp³-hybridized carbons (Fsp3) is 0.786. The molecule has 2 saturated carbocycles. The highest BCUT2D eigenvalue weighted by Gasteiger charge is 2.22. The van der Waals surface area contributed by atoms with Gasteiger partial charge in [-0.05, 0) is 25.7 Å². The van der Waals surface area contributed by atoms with Gasteiger partial charge in [-0.15, -0.1) is 0 Å². The number of aromatic nitrogens is 2. The van der Waals surface area contributed by atoms with Gasteiger partial charge in [0.1, 0.15) is 0 Å². The summed E-state index contributed by atoms with van der Waals surface area (Å²) in [5.41, 5.74) is 1.39. The van der Waals surface area contributed by atoms with Gasteiger partial charge in [-0.25, -0.2) is 4.68 Å². The summed E-state index contributed by atoms with van der Waals surface area (Å²) in [6.07, 6.45) is 11.4. The van der Waals surface area contributed by atoms with Crippen molar-refractivity contribution in [3.8, 4) is 0 Å². The van der Waals surface area contributed by atoms with E-state index in [1.807, 2.05) is 10.7 Å². The van der Waals surface area contributed by atoms with Crippen LogP contribution in [-0.2, 0) is 0 Å². The van der Waals surface area contributed by atoms with E-state index in [9.17, 15) is 4.79 Å². The molecule has 3 nitrogen and oxygen atoms in total. The van der Waals surface area contributed by atoms with Crippen LogP contribution in [0.2, 0.25) is 0 Å². The highest BCUT2D eigenvalue weighted by Crippen LogP contribution is 2.33.